The summed E-state index contributed by atoms with van der Waals surface area (Å²) in [5.41, 5.74) is 0. The normalized spacial score (nSPS) is 39.0. The van der Waals surface area contributed by atoms with Crippen LogP contribution in [0.5, 0.6) is 0 Å². The molecule has 0 aliphatic heterocycles. The minimum atomic E-state index is -0.123. The summed E-state index contributed by atoms with van der Waals surface area (Å²) < 4.78 is 24.7. The molecular weight excluding hydrogens is 326 g/mol. The quantitative estimate of drug-likeness (QED) is 0.408. The maximum atomic E-state index is 12.4. The zero-order chi connectivity index (χ0) is 18.2. The van der Waals surface area contributed by atoms with Crippen LogP contribution in [0.1, 0.15) is 103 Å². The van der Waals surface area contributed by atoms with Gasteiger partial charge in [-0.3, -0.25) is 8.78 Å². The Morgan fingerprint density at radius 2 is 0.692 bits per heavy atom. The molecule has 0 unspecified atom stereocenters. The molecule has 0 saturated heterocycles. The molecule has 26 heavy (non-hydrogen) atoms. The van der Waals surface area contributed by atoms with Crippen LogP contribution >= 0.6 is 0 Å². The Labute approximate surface area is 160 Å². The minimum absolute atomic E-state index is 0.123. The third kappa shape index (κ3) is 5.93. The first-order valence-electron chi connectivity index (χ1n) is 11.9. The first-order chi connectivity index (χ1) is 12.8. The van der Waals surface area contributed by atoms with Crippen molar-refractivity contribution >= 4 is 0 Å². The van der Waals surface area contributed by atoms with E-state index in [9.17, 15) is 8.78 Å². The fourth-order valence-electron chi connectivity index (χ4n) is 6.72. The van der Waals surface area contributed by atoms with Crippen LogP contribution < -0.4 is 0 Å². The molecule has 3 saturated carbocycles. The van der Waals surface area contributed by atoms with Crippen LogP contribution in [0.2, 0.25) is 0 Å². The average molecular weight is 369 g/mol. The molecule has 0 nitrogen and oxygen atoms in total. The Morgan fingerprint density at radius 1 is 0.423 bits per heavy atom. The minimum Gasteiger partial charge on any atom is -0.251 e. The van der Waals surface area contributed by atoms with Gasteiger partial charge in [0.2, 0.25) is 0 Å². The van der Waals surface area contributed by atoms with Crippen LogP contribution in [-0.4, -0.2) is 13.3 Å². The molecular formula is C24H42F2. The van der Waals surface area contributed by atoms with Gasteiger partial charge >= 0.3 is 0 Å². The molecule has 3 aliphatic rings. The van der Waals surface area contributed by atoms with Gasteiger partial charge in [-0.05, 0) is 113 Å². The van der Waals surface area contributed by atoms with E-state index in [1.807, 2.05) is 0 Å². The van der Waals surface area contributed by atoms with Gasteiger partial charge < -0.3 is 0 Å². The first kappa shape index (κ1) is 20.6. The highest BCUT2D eigenvalue weighted by Crippen LogP contribution is 2.46. The molecule has 3 aliphatic carbocycles. The molecule has 152 valence electrons. The van der Waals surface area contributed by atoms with Crippen molar-refractivity contribution in [2.45, 2.75) is 103 Å². The van der Waals surface area contributed by atoms with E-state index in [0.717, 1.165) is 61.2 Å². The van der Waals surface area contributed by atoms with Crippen molar-refractivity contribution in [1.82, 2.24) is 0 Å². The number of alkyl halides is 2. The Morgan fingerprint density at radius 3 is 0.962 bits per heavy atom. The fraction of sp³-hybridized carbons (Fsp3) is 1.00. The Bertz CT molecular complexity index is 322. The van der Waals surface area contributed by atoms with Crippen molar-refractivity contribution in [3.63, 3.8) is 0 Å². The van der Waals surface area contributed by atoms with Gasteiger partial charge in [-0.2, -0.15) is 0 Å². The van der Waals surface area contributed by atoms with Crippen molar-refractivity contribution in [2.75, 3.05) is 13.3 Å². The number of rotatable bonds is 8. The van der Waals surface area contributed by atoms with Gasteiger partial charge in [0.25, 0.3) is 0 Å². The van der Waals surface area contributed by atoms with Gasteiger partial charge in [-0.25, -0.2) is 0 Å². The lowest BCUT2D eigenvalue weighted by atomic mass is 9.64. The van der Waals surface area contributed by atoms with E-state index in [0.29, 0.717) is 0 Å². The van der Waals surface area contributed by atoms with E-state index in [2.05, 4.69) is 0 Å². The molecule has 0 aromatic heterocycles. The van der Waals surface area contributed by atoms with Gasteiger partial charge in [0.05, 0.1) is 13.3 Å². The molecule has 0 amide bonds. The molecule has 2 heteroatoms. The fourth-order valence-corrected chi connectivity index (χ4v) is 6.72. The van der Waals surface area contributed by atoms with Crippen LogP contribution in [0.25, 0.3) is 0 Å². The highest BCUT2D eigenvalue weighted by atomic mass is 19.1. The zero-order valence-electron chi connectivity index (χ0n) is 16.9. The summed E-state index contributed by atoms with van der Waals surface area (Å²) in [5.74, 6) is 5.60. The molecule has 0 spiro atoms. The molecule has 0 N–H and O–H groups in total. The van der Waals surface area contributed by atoms with Crippen LogP contribution in [-0.2, 0) is 0 Å². The van der Waals surface area contributed by atoms with Crippen molar-refractivity contribution in [2.24, 2.45) is 35.5 Å². The van der Waals surface area contributed by atoms with E-state index >= 15 is 0 Å². The van der Waals surface area contributed by atoms with E-state index in [-0.39, 0.29) is 13.3 Å². The van der Waals surface area contributed by atoms with Crippen LogP contribution in [0, 0.1) is 35.5 Å². The second-order valence-electron chi connectivity index (χ2n) is 9.90. The predicted molar refractivity (Wildman–Crippen MR) is 107 cm³/mol. The largest absolute Gasteiger partial charge is 0.251 e. The molecule has 0 radical (unpaired) electrons. The van der Waals surface area contributed by atoms with E-state index in [1.165, 1.54) is 77.0 Å². The molecule has 3 fully saturated rings. The van der Waals surface area contributed by atoms with E-state index in [4.69, 9.17) is 0 Å². The van der Waals surface area contributed by atoms with Gasteiger partial charge in [0, 0.05) is 0 Å². The monoisotopic (exact) mass is 368 g/mol. The third-order valence-electron chi connectivity index (χ3n) is 8.42. The second kappa shape index (κ2) is 11.0. The smallest absolute Gasteiger partial charge is 0.0894 e. The lowest BCUT2D eigenvalue weighted by Gasteiger charge is -2.41. The maximum Gasteiger partial charge on any atom is 0.0894 e. The molecule has 0 bridgehead atoms. The zero-order valence-corrected chi connectivity index (χ0v) is 16.9. The lowest BCUT2D eigenvalue weighted by Crippen LogP contribution is -2.29. The number of halogens is 2. The molecule has 0 aromatic rings. The van der Waals surface area contributed by atoms with E-state index in [1.54, 1.807) is 0 Å². The summed E-state index contributed by atoms with van der Waals surface area (Å²) in [7, 11) is 0. The van der Waals surface area contributed by atoms with Gasteiger partial charge in [-0.1, -0.05) is 25.7 Å². The topological polar surface area (TPSA) is 0 Å². The standard InChI is InChI=1S/C24H42F2/c25-17-1-3-19-5-9-21(10-6-19)23-13-15-24(16-14-23)22-11-7-20(8-12-22)4-2-18-26/h19-24H,1-18H2. The highest BCUT2D eigenvalue weighted by Gasteiger charge is 2.34. The maximum absolute atomic E-state index is 12.4. The van der Waals surface area contributed by atoms with E-state index < -0.39 is 0 Å². The van der Waals surface area contributed by atoms with Crippen molar-refractivity contribution in [3.8, 4) is 0 Å². The highest BCUT2D eigenvalue weighted by molar-refractivity contribution is 4.85. The third-order valence-corrected chi connectivity index (χ3v) is 8.42. The van der Waals surface area contributed by atoms with Crippen LogP contribution in [0.15, 0.2) is 0 Å². The Hall–Kier alpha value is -0.140. The van der Waals surface area contributed by atoms with Crippen molar-refractivity contribution < 1.29 is 8.78 Å². The first-order valence-corrected chi connectivity index (χ1v) is 11.9. The summed E-state index contributed by atoms with van der Waals surface area (Å²) in [6, 6.07) is 0. The van der Waals surface area contributed by atoms with Gasteiger partial charge in [0.15, 0.2) is 0 Å². The summed E-state index contributed by atoms with van der Waals surface area (Å²) >= 11 is 0. The Kier molecular flexibility index (Phi) is 8.72. The van der Waals surface area contributed by atoms with Crippen LogP contribution in [0.3, 0.4) is 0 Å². The number of hydrogen-bond donors (Lipinski definition) is 0. The van der Waals surface area contributed by atoms with Gasteiger partial charge in [0.1, 0.15) is 0 Å². The molecule has 0 atom stereocenters. The molecule has 0 aromatic carbocycles. The summed E-state index contributed by atoms with van der Waals surface area (Å²) in [5, 5.41) is 0. The SMILES string of the molecule is FCCCC1CCC(C2CCC(C3CCC(CCCF)CC3)CC2)CC1. The summed E-state index contributed by atoms with van der Waals surface area (Å²) in [6.45, 7) is -0.247. The lowest BCUT2D eigenvalue weighted by molar-refractivity contribution is 0.102. The number of hydrogen-bond acceptors (Lipinski definition) is 0. The van der Waals surface area contributed by atoms with Gasteiger partial charge in [-0.15, -0.1) is 0 Å². The predicted octanol–water partition coefficient (Wildman–Crippen LogP) is 7.91. The molecule has 0 heterocycles. The average Bonchev–Trinajstić information content (AvgIpc) is 2.72. The Balaban J connectivity index is 1.32. The van der Waals surface area contributed by atoms with Crippen LogP contribution in [0.4, 0.5) is 8.78 Å². The van der Waals surface area contributed by atoms with Crippen molar-refractivity contribution in [3.05, 3.63) is 0 Å². The summed E-state index contributed by atoms with van der Waals surface area (Å²) in [6.07, 6.45) is 20.9. The second-order valence-corrected chi connectivity index (χ2v) is 9.90. The summed E-state index contributed by atoms with van der Waals surface area (Å²) in [4.78, 5) is 0. The van der Waals surface area contributed by atoms with Crippen molar-refractivity contribution in [1.29, 1.82) is 0 Å². The molecule has 3 rings (SSSR count).